The summed E-state index contributed by atoms with van der Waals surface area (Å²) < 4.78 is 5.98. The summed E-state index contributed by atoms with van der Waals surface area (Å²) in [6.45, 7) is 0.881. The summed E-state index contributed by atoms with van der Waals surface area (Å²) in [4.78, 5) is 19.2. The quantitative estimate of drug-likeness (QED) is 0.169. The van der Waals surface area contributed by atoms with Crippen LogP contribution in [0.25, 0.3) is 0 Å². The number of aliphatic hydroxyl groups excluding tert-OH is 2. The van der Waals surface area contributed by atoms with Crippen LogP contribution < -0.4 is 16.2 Å². The fraction of sp³-hybridized carbons (Fsp3) is 0.500. The minimum absolute atomic E-state index is 0.0330. The van der Waals surface area contributed by atoms with Crippen LogP contribution in [0.3, 0.4) is 0 Å². The number of aliphatic imine (C=N–C) groups is 1. The summed E-state index contributed by atoms with van der Waals surface area (Å²) in [5.41, 5.74) is 17.8. The van der Waals surface area contributed by atoms with Crippen molar-refractivity contribution >= 4 is 12.0 Å². The Morgan fingerprint density at radius 1 is 1.04 bits per heavy atom. The number of aromatic hydroxyl groups is 1. The van der Waals surface area contributed by atoms with E-state index < -0.39 is 18.4 Å². The zero-order valence-corrected chi connectivity index (χ0v) is 26.1. The summed E-state index contributed by atoms with van der Waals surface area (Å²) in [5.74, 6) is 1.03. The Hall–Kier alpha value is -3.50. The Labute approximate surface area is 266 Å². The van der Waals surface area contributed by atoms with Crippen LogP contribution in [0.15, 0.2) is 70.5 Å². The van der Waals surface area contributed by atoms with Crippen LogP contribution in [0.2, 0.25) is 0 Å². The van der Waals surface area contributed by atoms with Crippen molar-refractivity contribution in [3.63, 3.8) is 0 Å². The molecule has 0 spiro atoms. The van der Waals surface area contributed by atoms with Gasteiger partial charge in [0, 0.05) is 37.4 Å². The van der Waals surface area contributed by atoms with Gasteiger partial charge in [-0.2, -0.15) is 0 Å². The second-order valence-electron chi connectivity index (χ2n) is 12.9. The molecule has 2 aromatic carbocycles. The van der Waals surface area contributed by atoms with Crippen molar-refractivity contribution in [2.45, 2.75) is 95.4 Å². The van der Waals surface area contributed by atoms with Crippen LogP contribution in [-0.4, -0.2) is 57.7 Å². The Morgan fingerprint density at radius 3 is 2.67 bits per heavy atom. The molecule has 242 valence electrons. The normalized spacial score (nSPS) is 18.0. The van der Waals surface area contributed by atoms with Crippen LogP contribution >= 0.6 is 0 Å². The first-order valence-corrected chi connectivity index (χ1v) is 16.4. The van der Waals surface area contributed by atoms with E-state index in [1.807, 2.05) is 35.5 Å². The van der Waals surface area contributed by atoms with Gasteiger partial charge in [0.15, 0.2) is 18.2 Å². The second kappa shape index (κ2) is 15.7. The fourth-order valence-corrected chi connectivity index (χ4v) is 6.60. The van der Waals surface area contributed by atoms with Gasteiger partial charge in [0.05, 0.1) is 24.1 Å². The lowest BCUT2D eigenvalue weighted by Gasteiger charge is -2.23. The molecule has 0 amide bonds. The number of nitrogens with two attached hydrogens (primary N) is 2. The number of fused-ring (bicyclic) bond motifs is 1. The van der Waals surface area contributed by atoms with Crippen molar-refractivity contribution in [3.8, 4) is 11.5 Å². The summed E-state index contributed by atoms with van der Waals surface area (Å²) >= 11 is 0. The maximum Gasteiger partial charge on any atom is 0.163 e. The van der Waals surface area contributed by atoms with Gasteiger partial charge in [-0.1, -0.05) is 62.4 Å². The molecule has 1 saturated carbocycles. The number of carbonyl (C=O) groups excluding carboxylic acids is 1. The van der Waals surface area contributed by atoms with E-state index in [1.54, 1.807) is 18.2 Å². The predicted molar refractivity (Wildman–Crippen MR) is 176 cm³/mol. The maximum atomic E-state index is 12.6. The number of aryl methyl sites for hydroxylation is 1. The molecule has 3 aliphatic rings. The third-order valence-electron chi connectivity index (χ3n) is 9.20. The zero-order valence-electron chi connectivity index (χ0n) is 26.1. The van der Waals surface area contributed by atoms with E-state index in [0.717, 1.165) is 46.4 Å². The third kappa shape index (κ3) is 9.50. The first-order valence-electron chi connectivity index (χ1n) is 16.4. The number of hydrogen-bond acceptors (Lipinski definition) is 9. The summed E-state index contributed by atoms with van der Waals surface area (Å²) in [5, 5.41) is 31.2. The number of benzene rings is 2. The molecule has 1 aliphatic carbocycles. The van der Waals surface area contributed by atoms with Crippen LogP contribution in [0, 0.1) is 5.92 Å². The van der Waals surface area contributed by atoms with Gasteiger partial charge in [0.1, 0.15) is 5.78 Å². The number of allylic oxidation sites excluding steroid dienone is 1. The topological polar surface area (TPSA) is 155 Å². The van der Waals surface area contributed by atoms with E-state index in [1.165, 1.54) is 32.1 Å². The minimum atomic E-state index is -0.832. The van der Waals surface area contributed by atoms with E-state index in [9.17, 15) is 20.1 Å². The molecule has 9 heteroatoms. The van der Waals surface area contributed by atoms with Crippen molar-refractivity contribution in [1.82, 2.24) is 4.90 Å². The molecular formula is C36H48N4O5. The lowest BCUT2D eigenvalue weighted by Crippen LogP contribution is -2.22. The average Bonchev–Trinajstić information content (AvgIpc) is 3.60. The number of carbonyl (C=O) groups is 1. The number of hydrogen-bond donors (Lipinski definition) is 5. The molecule has 5 rings (SSSR count). The van der Waals surface area contributed by atoms with Crippen LogP contribution in [-0.2, 0) is 17.6 Å². The highest BCUT2D eigenvalue weighted by atomic mass is 16.5. The highest BCUT2D eigenvalue weighted by Gasteiger charge is 2.25. The van der Waals surface area contributed by atoms with Crippen LogP contribution in [0.4, 0.5) is 0 Å². The lowest BCUT2D eigenvalue weighted by molar-refractivity contribution is -0.121. The molecule has 7 N–H and O–H groups in total. The Bertz CT molecular complexity index is 1410. The standard InChI is InChI=1S/C36H48N4O5/c37-36(38)27-8-4-7-26(15-27)16-28-20-39-33-22-40(21-32(28)33)23-45-35-17-25(11-14-34(35)44)10-13-30(42)19-31(43)18-29(41)12-9-24-5-2-1-3-6-24/h4,7-8,11,14-15,17,20,22,24,29,31,36,41,43-44H,1-3,5-6,9-10,12-13,16,18-19,21,23,37-38H2/t29-,31-/m1/s1. The summed E-state index contributed by atoms with van der Waals surface area (Å²) in [6, 6.07) is 13.1. The monoisotopic (exact) mass is 616 g/mol. The number of phenols is 1. The number of ketones is 1. The molecule has 9 nitrogen and oxygen atoms in total. The van der Waals surface area contributed by atoms with Crippen molar-refractivity contribution in [2.75, 3.05) is 13.3 Å². The Morgan fingerprint density at radius 2 is 1.87 bits per heavy atom. The highest BCUT2D eigenvalue weighted by molar-refractivity contribution is 5.87. The second-order valence-corrected chi connectivity index (χ2v) is 12.9. The first kappa shape index (κ1) is 32.9. The van der Waals surface area contributed by atoms with Gasteiger partial charge in [0.2, 0.25) is 0 Å². The number of phenolic OH excluding ortho intramolecular Hbond substituents is 1. The average molecular weight is 617 g/mol. The number of aliphatic hydroxyl groups is 2. The van der Waals surface area contributed by atoms with Gasteiger partial charge in [-0.25, -0.2) is 0 Å². The number of nitrogens with zero attached hydrogens (tertiary/aromatic N) is 2. The van der Waals surface area contributed by atoms with Crippen molar-refractivity contribution in [1.29, 1.82) is 0 Å². The highest BCUT2D eigenvalue weighted by Crippen LogP contribution is 2.33. The van der Waals surface area contributed by atoms with Gasteiger partial charge < -0.3 is 36.4 Å². The molecule has 1 fully saturated rings. The zero-order chi connectivity index (χ0) is 31.8. The van der Waals surface area contributed by atoms with E-state index >= 15 is 0 Å². The van der Waals surface area contributed by atoms with E-state index in [0.29, 0.717) is 31.1 Å². The fourth-order valence-electron chi connectivity index (χ4n) is 6.60. The molecule has 2 aromatic rings. The molecular weight excluding hydrogens is 568 g/mol. The summed E-state index contributed by atoms with van der Waals surface area (Å²) in [7, 11) is 0. The maximum absolute atomic E-state index is 12.6. The van der Waals surface area contributed by atoms with Crippen molar-refractivity contribution < 1.29 is 24.9 Å². The first-order chi connectivity index (χ1) is 21.7. The van der Waals surface area contributed by atoms with Crippen LogP contribution in [0.5, 0.6) is 11.5 Å². The molecule has 45 heavy (non-hydrogen) atoms. The molecule has 0 aromatic heterocycles. The predicted octanol–water partition coefficient (Wildman–Crippen LogP) is 4.79. The van der Waals surface area contributed by atoms with E-state index in [4.69, 9.17) is 16.2 Å². The van der Waals surface area contributed by atoms with Crippen molar-refractivity contribution in [3.05, 3.63) is 82.2 Å². The smallest absolute Gasteiger partial charge is 0.163 e. The van der Waals surface area contributed by atoms with E-state index in [2.05, 4.69) is 11.1 Å². The van der Waals surface area contributed by atoms with Gasteiger partial charge in [-0.15, -0.1) is 0 Å². The number of Topliss-reactive ketones (excluding diaryl/α,β-unsaturated/α-hetero) is 1. The lowest BCUT2D eigenvalue weighted by atomic mass is 9.85. The largest absolute Gasteiger partial charge is 0.504 e. The van der Waals surface area contributed by atoms with Gasteiger partial charge in [0.25, 0.3) is 0 Å². The molecule has 0 bridgehead atoms. The molecule has 2 heterocycles. The molecule has 2 atom stereocenters. The molecule has 2 aliphatic heterocycles. The number of ether oxygens (including phenoxy) is 1. The van der Waals surface area contributed by atoms with Gasteiger partial charge >= 0.3 is 0 Å². The minimum Gasteiger partial charge on any atom is -0.504 e. The number of rotatable bonds is 16. The van der Waals surface area contributed by atoms with Crippen LogP contribution in [0.1, 0.15) is 87.1 Å². The Balaban J connectivity index is 1.06. The van der Waals surface area contributed by atoms with Gasteiger partial charge in [-0.05, 0) is 72.4 Å². The van der Waals surface area contributed by atoms with Gasteiger partial charge in [-0.3, -0.25) is 9.79 Å². The molecule has 0 radical (unpaired) electrons. The van der Waals surface area contributed by atoms with Crippen molar-refractivity contribution in [2.24, 2.45) is 22.4 Å². The third-order valence-corrected chi connectivity index (χ3v) is 9.20. The SMILES string of the molecule is NC(N)c1cccc(CC2=C3CN(COc4cc(CCC(=O)C[C@H](O)C[C@H](O)CCC5CCCCC5)ccc4O)C=C3N=C2)c1. The van der Waals surface area contributed by atoms with E-state index in [-0.39, 0.29) is 37.5 Å². The molecule has 0 unspecified atom stereocenters. The Kier molecular flexibility index (Phi) is 11.5. The summed E-state index contributed by atoms with van der Waals surface area (Å²) in [6.07, 6.45) is 11.7. The molecule has 0 saturated heterocycles.